The van der Waals surface area contributed by atoms with Crippen molar-refractivity contribution >= 4 is 27.7 Å². The molecule has 0 unspecified atom stereocenters. The summed E-state index contributed by atoms with van der Waals surface area (Å²) in [5, 5.41) is 0. The summed E-state index contributed by atoms with van der Waals surface area (Å²) in [7, 11) is 1.69. The Morgan fingerprint density at radius 1 is 1.47 bits per heavy atom. The largest absolute Gasteiger partial charge is 0.385 e. The highest BCUT2D eigenvalue weighted by Gasteiger charge is 2.02. The van der Waals surface area contributed by atoms with Crippen LogP contribution in [0.4, 0.5) is 4.39 Å². The van der Waals surface area contributed by atoms with E-state index in [1.165, 1.54) is 6.07 Å². The highest BCUT2D eigenvalue weighted by molar-refractivity contribution is 9.10. The monoisotopic (exact) mass is 292 g/mol. The fourth-order valence-electron chi connectivity index (χ4n) is 1.13. The minimum Gasteiger partial charge on any atom is -0.385 e. The van der Waals surface area contributed by atoms with Gasteiger partial charge in [-0.25, -0.2) is 4.39 Å². The molecule has 0 saturated carbocycles. The van der Waals surface area contributed by atoms with Gasteiger partial charge in [0.05, 0.1) is 0 Å². The van der Waals surface area contributed by atoms with Crippen molar-refractivity contribution in [3.63, 3.8) is 0 Å². The summed E-state index contributed by atoms with van der Waals surface area (Å²) in [4.78, 5) is 0. The van der Waals surface area contributed by atoms with E-state index in [0.29, 0.717) is 0 Å². The molecule has 0 amide bonds. The highest BCUT2D eigenvalue weighted by atomic mass is 79.9. The topological polar surface area (TPSA) is 9.23 Å². The van der Waals surface area contributed by atoms with Gasteiger partial charge in [0.25, 0.3) is 0 Å². The number of rotatable bonds is 6. The van der Waals surface area contributed by atoms with Crippen LogP contribution < -0.4 is 0 Å². The molecule has 0 aliphatic carbocycles. The standard InChI is InChI=1S/C11H14BrFOS/c1-14-5-2-6-15-8-9-3-4-10(12)7-11(9)13/h3-4,7H,2,5-6,8H2,1H3. The summed E-state index contributed by atoms with van der Waals surface area (Å²) in [5.41, 5.74) is 0.764. The van der Waals surface area contributed by atoms with Crippen molar-refractivity contribution in [1.29, 1.82) is 0 Å². The predicted octanol–water partition coefficient (Wildman–Crippen LogP) is 3.86. The van der Waals surface area contributed by atoms with Gasteiger partial charge in [-0.2, -0.15) is 11.8 Å². The Bertz CT molecular complexity index is 307. The summed E-state index contributed by atoms with van der Waals surface area (Å²) < 4.78 is 19.1. The van der Waals surface area contributed by atoms with Crippen molar-refractivity contribution in [2.24, 2.45) is 0 Å². The highest BCUT2D eigenvalue weighted by Crippen LogP contribution is 2.20. The maximum atomic E-state index is 13.4. The van der Waals surface area contributed by atoms with Crippen molar-refractivity contribution in [2.45, 2.75) is 12.2 Å². The molecular weight excluding hydrogens is 279 g/mol. The lowest BCUT2D eigenvalue weighted by Gasteiger charge is -2.03. The first-order chi connectivity index (χ1) is 7.24. The van der Waals surface area contributed by atoms with Gasteiger partial charge < -0.3 is 4.74 Å². The summed E-state index contributed by atoms with van der Waals surface area (Å²) in [5.74, 6) is 1.59. The third kappa shape index (κ3) is 5.00. The molecule has 0 spiro atoms. The van der Waals surface area contributed by atoms with E-state index in [-0.39, 0.29) is 5.82 Å². The van der Waals surface area contributed by atoms with Crippen LogP contribution in [0.3, 0.4) is 0 Å². The van der Waals surface area contributed by atoms with Crippen LogP contribution in [0.15, 0.2) is 22.7 Å². The first-order valence-electron chi connectivity index (χ1n) is 4.74. The van der Waals surface area contributed by atoms with Crippen molar-refractivity contribution in [1.82, 2.24) is 0 Å². The molecule has 1 aromatic carbocycles. The number of hydrogen-bond acceptors (Lipinski definition) is 2. The molecule has 4 heteroatoms. The third-order valence-electron chi connectivity index (χ3n) is 1.91. The number of hydrogen-bond donors (Lipinski definition) is 0. The molecule has 0 atom stereocenters. The Labute approximate surface area is 103 Å². The lowest BCUT2D eigenvalue weighted by molar-refractivity contribution is 0.200. The SMILES string of the molecule is COCCCSCc1ccc(Br)cc1F. The van der Waals surface area contributed by atoms with Crippen LogP contribution in [0, 0.1) is 5.82 Å². The van der Waals surface area contributed by atoms with Crippen LogP contribution >= 0.6 is 27.7 Å². The second kappa shape index (κ2) is 7.25. The number of benzene rings is 1. The maximum absolute atomic E-state index is 13.4. The van der Waals surface area contributed by atoms with E-state index in [1.807, 2.05) is 12.1 Å². The first kappa shape index (κ1) is 13.0. The fourth-order valence-corrected chi connectivity index (χ4v) is 2.38. The van der Waals surface area contributed by atoms with E-state index in [4.69, 9.17) is 4.74 Å². The van der Waals surface area contributed by atoms with Gasteiger partial charge in [-0.15, -0.1) is 0 Å². The van der Waals surface area contributed by atoms with Crippen molar-refractivity contribution < 1.29 is 9.13 Å². The number of halogens is 2. The van der Waals surface area contributed by atoms with Crippen LogP contribution in [0.25, 0.3) is 0 Å². The molecule has 0 aliphatic heterocycles. The Kier molecular flexibility index (Phi) is 6.29. The number of methoxy groups -OCH3 is 1. The Balaban J connectivity index is 2.31. The van der Waals surface area contributed by atoms with Crippen molar-refractivity contribution in [2.75, 3.05) is 19.5 Å². The lowest BCUT2D eigenvalue weighted by Crippen LogP contribution is -1.92. The summed E-state index contributed by atoms with van der Waals surface area (Å²) in [6.45, 7) is 0.774. The van der Waals surface area contributed by atoms with Crippen molar-refractivity contribution in [3.05, 3.63) is 34.1 Å². The molecule has 1 nitrogen and oxygen atoms in total. The van der Waals surface area contributed by atoms with Gasteiger partial charge in [0, 0.05) is 23.9 Å². The van der Waals surface area contributed by atoms with E-state index in [0.717, 1.165) is 34.6 Å². The minimum atomic E-state index is -0.136. The Hall–Kier alpha value is -0.0600. The first-order valence-corrected chi connectivity index (χ1v) is 6.69. The zero-order valence-electron chi connectivity index (χ0n) is 8.63. The molecule has 0 N–H and O–H groups in total. The molecule has 0 heterocycles. The zero-order chi connectivity index (χ0) is 11.1. The molecule has 1 aromatic rings. The molecule has 84 valence electrons. The molecule has 1 rings (SSSR count). The van der Waals surface area contributed by atoms with Gasteiger partial charge in [0.1, 0.15) is 5.82 Å². The van der Waals surface area contributed by atoms with Gasteiger partial charge in [0.15, 0.2) is 0 Å². The van der Waals surface area contributed by atoms with Crippen LogP contribution in [0.5, 0.6) is 0 Å². The molecule has 0 radical (unpaired) electrons. The molecule has 0 aliphatic rings. The summed E-state index contributed by atoms with van der Waals surface area (Å²) in [6.07, 6.45) is 1.01. The van der Waals surface area contributed by atoms with Gasteiger partial charge in [-0.05, 0) is 29.9 Å². The molecule has 0 fully saturated rings. The van der Waals surface area contributed by atoms with Gasteiger partial charge in [0.2, 0.25) is 0 Å². The molecule has 0 saturated heterocycles. The second-order valence-electron chi connectivity index (χ2n) is 3.13. The normalized spacial score (nSPS) is 10.6. The number of thioether (sulfide) groups is 1. The predicted molar refractivity (Wildman–Crippen MR) is 66.8 cm³/mol. The number of ether oxygens (including phenoxy) is 1. The molecule has 15 heavy (non-hydrogen) atoms. The third-order valence-corrected chi connectivity index (χ3v) is 3.50. The van der Waals surface area contributed by atoms with E-state index in [1.54, 1.807) is 18.9 Å². The van der Waals surface area contributed by atoms with Crippen LogP contribution in [-0.2, 0) is 10.5 Å². The maximum Gasteiger partial charge on any atom is 0.128 e. The smallest absolute Gasteiger partial charge is 0.128 e. The zero-order valence-corrected chi connectivity index (χ0v) is 11.0. The molecule has 0 aromatic heterocycles. The average molecular weight is 293 g/mol. The quantitative estimate of drug-likeness (QED) is 0.737. The van der Waals surface area contributed by atoms with Gasteiger partial charge in [-0.3, -0.25) is 0 Å². The average Bonchev–Trinajstić information content (AvgIpc) is 2.20. The van der Waals surface area contributed by atoms with Crippen LogP contribution in [-0.4, -0.2) is 19.5 Å². The molecule has 0 bridgehead atoms. The Morgan fingerprint density at radius 2 is 2.27 bits per heavy atom. The van der Waals surface area contributed by atoms with E-state index >= 15 is 0 Å². The van der Waals surface area contributed by atoms with Gasteiger partial charge in [-0.1, -0.05) is 22.0 Å². The van der Waals surface area contributed by atoms with Crippen LogP contribution in [0.1, 0.15) is 12.0 Å². The fraction of sp³-hybridized carbons (Fsp3) is 0.455. The lowest BCUT2D eigenvalue weighted by atomic mass is 10.2. The Morgan fingerprint density at radius 3 is 2.93 bits per heavy atom. The van der Waals surface area contributed by atoms with Gasteiger partial charge >= 0.3 is 0 Å². The minimum absolute atomic E-state index is 0.136. The molecular formula is C11H14BrFOS. The van der Waals surface area contributed by atoms with E-state index in [9.17, 15) is 4.39 Å². The second-order valence-corrected chi connectivity index (χ2v) is 5.16. The van der Waals surface area contributed by atoms with E-state index < -0.39 is 0 Å². The van der Waals surface area contributed by atoms with Crippen molar-refractivity contribution in [3.8, 4) is 0 Å². The summed E-state index contributed by atoms with van der Waals surface area (Å²) in [6, 6.07) is 5.20. The summed E-state index contributed by atoms with van der Waals surface area (Å²) >= 11 is 4.97. The van der Waals surface area contributed by atoms with Crippen LogP contribution in [0.2, 0.25) is 0 Å². The van der Waals surface area contributed by atoms with E-state index in [2.05, 4.69) is 15.9 Å².